The molecule has 0 radical (unpaired) electrons. The van der Waals surface area contributed by atoms with E-state index in [1.807, 2.05) is 19.1 Å². The second kappa shape index (κ2) is 6.83. The van der Waals surface area contributed by atoms with Crippen LogP contribution < -0.4 is 5.73 Å². The first-order valence-corrected chi connectivity index (χ1v) is 8.57. The van der Waals surface area contributed by atoms with Gasteiger partial charge in [0.25, 0.3) is 0 Å². The molecule has 2 atom stereocenters. The quantitative estimate of drug-likeness (QED) is 0.815. The fraction of sp³-hybridized carbons (Fsp3) is 0.385. The van der Waals surface area contributed by atoms with E-state index in [4.69, 9.17) is 5.73 Å². The van der Waals surface area contributed by atoms with Crippen molar-refractivity contribution in [1.82, 2.24) is 10.2 Å². The van der Waals surface area contributed by atoms with Crippen LogP contribution in [0.5, 0.6) is 0 Å². The minimum atomic E-state index is 0.0907. The Morgan fingerprint density at radius 1 is 1.37 bits per heavy atom. The molecule has 6 heteroatoms. The number of aromatic nitrogens is 2. The maximum absolute atomic E-state index is 6.29. The Bertz CT molecular complexity index is 544. The van der Waals surface area contributed by atoms with Crippen molar-refractivity contribution in [2.24, 2.45) is 5.73 Å². The second-order valence-electron chi connectivity index (χ2n) is 4.22. The largest absolute Gasteiger partial charge is 0.326 e. The Balaban J connectivity index is 2.29. The third kappa shape index (κ3) is 3.78. The number of nitrogens with zero attached hydrogens (tertiary/aromatic N) is 2. The zero-order valence-electron chi connectivity index (χ0n) is 10.8. The van der Waals surface area contributed by atoms with E-state index >= 15 is 0 Å². The van der Waals surface area contributed by atoms with Crippen LogP contribution in [0, 0.1) is 6.92 Å². The van der Waals surface area contributed by atoms with Gasteiger partial charge in [0, 0.05) is 10.5 Å². The molecule has 2 aromatic rings. The molecule has 0 saturated carbocycles. The summed E-state index contributed by atoms with van der Waals surface area (Å²) >= 11 is 6.93. The minimum absolute atomic E-state index is 0.0907. The smallest absolute Gasteiger partial charge is 0.174 e. The molecule has 1 heterocycles. The van der Waals surface area contributed by atoms with Crippen molar-refractivity contribution in [3.8, 4) is 0 Å². The average Bonchev–Trinajstić information content (AvgIpc) is 2.82. The summed E-state index contributed by atoms with van der Waals surface area (Å²) in [6.45, 7) is 4.08. The van der Waals surface area contributed by atoms with Gasteiger partial charge in [-0.2, -0.15) is 0 Å². The summed E-state index contributed by atoms with van der Waals surface area (Å²) in [5.74, 6) is 0. The minimum Gasteiger partial charge on any atom is -0.326 e. The number of thioether (sulfide) groups is 1. The summed E-state index contributed by atoms with van der Waals surface area (Å²) in [7, 11) is 0. The van der Waals surface area contributed by atoms with E-state index in [1.54, 1.807) is 23.1 Å². The molecule has 2 unspecified atom stereocenters. The van der Waals surface area contributed by atoms with Crippen molar-refractivity contribution in [2.45, 2.75) is 35.9 Å². The lowest BCUT2D eigenvalue weighted by atomic mass is 10.0. The predicted molar refractivity (Wildman–Crippen MR) is 85.7 cm³/mol. The van der Waals surface area contributed by atoms with E-state index in [1.165, 1.54) is 5.56 Å². The number of nitrogens with two attached hydrogens (primary N) is 1. The SMILES string of the molecule is CCC(N)C(Sc1nnc(C)s1)c1ccccc1Br. The van der Waals surface area contributed by atoms with Gasteiger partial charge in [-0.25, -0.2) is 0 Å². The molecular formula is C13H16BrN3S2. The van der Waals surface area contributed by atoms with E-state index in [0.29, 0.717) is 0 Å². The number of halogens is 1. The molecule has 0 aliphatic heterocycles. The van der Waals surface area contributed by atoms with Crippen LogP contribution >= 0.6 is 39.0 Å². The zero-order chi connectivity index (χ0) is 13.8. The Kier molecular flexibility index (Phi) is 5.38. The summed E-state index contributed by atoms with van der Waals surface area (Å²) in [4.78, 5) is 0. The Labute approximate surface area is 130 Å². The summed E-state index contributed by atoms with van der Waals surface area (Å²) in [6.07, 6.45) is 0.927. The van der Waals surface area contributed by atoms with E-state index < -0.39 is 0 Å². The highest BCUT2D eigenvalue weighted by Gasteiger charge is 2.23. The molecule has 0 amide bonds. The molecular weight excluding hydrogens is 342 g/mol. The number of aryl methyl sites for hydroxylation is 1. The monoisotopic (exact) mass is 357 g/mol. The highest BCUT2D eigenvalue weighted by Crippen LogP contribution is 2.41. The topological polar surface area (TPSA) is 51.8 Å². The Hall–Kier alpha value is -0.430. The van der Waals surface area contributed by atoms with Crippen LogP contribution in [0.1, 0.15) is 29.2 Å². The first-order valence-electron chi connectivity index (χ1n) is 6.08. The van der Waals surface area contributed by atoms with Crippen molar-refractivity contribution in [1.29, 1.82) is 0 Å². The molecule has 0 fully saturated rings. The molecule has 3 nitrogen and oxygen atoms in total. The van der Waals surface area contributed by atoms with Gasteiger partial charge in [0.1, 0.15) is 5.01 Å². The molecule has 1 aromatic heterocycles. The molecule has 0 saturated heterocycles. The molecule has 2 N–H and O–H groups in total. The number of benzene rings is 1. The van der Waals surface area contributed by atoms with Gasteiger partial charge in [-0.15, -0.1) is 10.2 Å². The standard InChI is InChI=1S/C13H16BrN3S2/c1-3-11(15)12(9-6-4-5-7-10(9)14)19-13-17-16-8(2)18-13/h4-7,11-12H,3,15H2,1-2H3. The molecule has 2 rings (SSSR count). The van der Waals surface area contributed by atoms with Gasteiger partial charge >= 0.3 is 0 Å². The first kappa shape index (κ1) is 15.0. The van der Waals surface area contributed by atoms with Crippen molar-refractivity contribution >= 4 is 39.0 Å². The van der Waals surface area contributed by atoms with E-state index in [-0.39, 0.29) is 11.3 Å². The van der Waals surface area contributed by atoms with Crippen LogP contribution in [0.15, 0.2) is 33.1 Å². The van der Waals surface area contributed by atoms with E-state index in [0.717, 1.165) is 20.2 Å². The van der Waals surface area contributed by atoms with Crippen molar-refractivity contribution in [3.63, 3.8) is 0 Å². The van der Waals surface area contributed by atoms with Crippen molar-refractivity contribution < 1.29 is 0 Å². The average molecular weight is 358 g/mol. The lowest BCUT2D eigenvalue weighted by Crippen LogP contribution is -2.25. The molecule has 19 heavy (non-hydrogen) atoms. The van der Waals surface area contributed by atoms with Gasteiger partial charge in [0.15, 0.2) is 4.34 Å². The van der Waals surface area contributed by atoms with Gasteiger partial charge in [-0.05, 0) is 25.0 Å². The fourth-order valence-corrected chi connectivity index (χ4v) is 4.71. The summed E-state index contributed by atoms with van der Waals surface area (Å²) in [5, 5.41) is 9.43. The molecule has 102 valence electrons. The van der Waals surface area contributed by atoms with Crippen LogP contribution in [-0.4, -0.2) is 16.2 Å². The van der Waals surface area contributed by atoms with Gasteiger partial charge in [0.05, 0.1) is 5.25 Å². The Morgan fingerprint density at radius 3 is 2.68 bits per heavy atom. The normalized spacial score (nSPS) is 14.3. The van der Waals surface area contributed by atoms with Gasteiger partial charge in [0.2, 0.25) is 0 Å². The summed E-state index contributed by atoms with van der Waals surface area (Å²) in [6, 6.07) is 8.32. The lowest BCUT2D eigenvalue weighted by molar-refractivity contribution is 0.632. The maximum atomic E-state index is 6.29. The third-order valence-corrected chi connectivity index (χ3v) is 5.84. The number of hydrogen-bond donors (Lipinski definition) is 1. The lowest BCUT2D eigenvalue weighted by Gasteiger charge is -2.22. The molecule has 0 spiro atoms. The highest BCUT2D eigenvalue weighted by molar-refractivity contribution is 9.10. The first-order chi connectivity index (χ1) is 9.11. The molecule has 0 bridgehead atoms. The highest BCUT2D eigenvalue weighted by atomic mass is 79.9. The second-order valence-corrected chi connectivity index (χ2v) is 7.64. The predicted octanol–water partition coefficient (Wildman–Crippen LogP) is 4.18. The summed E-state index contributed by atoms with van der Waals surface area (Å²) in [5.41, 5.74) is 7.50. The zero-order valence-corrected chi connectivity index (χ0v) is 14.1. The van der Waals surface area contributed by atoms with Crippen LogP contribution in [0.4, 0.5) is 0 Å². The summed E-state index contributed by atoms with van der Waals surface area (Å²) < 4.78 is 2.07. The van der Waals surface area contributed by atoms with Gasteiger partial charge in [-0.1, -0.05) is 64.2 Å². The molecule has 0 aliphatic carbocycles. The van der Waals surface area contributed by atoms with Crippen LogP contribution in [0.2, 0.25) is 0 Å². The van der Waals surface area contributed by atoms with Gasteiger partial charge in [-0.3, -0.25) is 0 Å². The number of hydrogen-bond acceptors (Lipinski definition) is 5. The fourth-order valence-electron chi connectivity index (χ4n) is 1.74. The van der Waals surface area contributed by atoms with Crippen LogP contribution in [-0.2, 0) is 0 Å². The van der Waals surface area contributed by atoms with Crippen molar-refractivity contribution in [3.05, 3.63) is 39.3 Å². The van der Waals surface area contributed by atoms with Crippen LogP contribution in [0.25, 0.3) is 0 Å². The molecule has 1 aromatic carbocycles. The number of rotatable bonds is 5. The van der Waals surface area contributed by atoms with Crippen LogP contribution in [0.3, 0.4) is 0 Å². The van der Waals surface area contributed by atoms with Gasteiger partial charge < -0.3 is 5.73 Å². The Morgan fingerprint density at radius 2 is 2.11 bits per heavy atom. The molecule has 0 aliphatic rings. The third-order valence-electron chi connectivity index (χ3n) is 2.81. The van der Waals surface area contributed by atoms with Crippen molar-refractivity contribution in [2.75, 3.05) is 0 Å². The van der Waals surface area contributed by atoms with E-state index in [9.17, 15) is 0 Å². The van der Waals surface area contributed by atoms with E-state index in [2.05, 4.69) is 45.2 Å². The maximum Gasteiger partial charge on any atom is 0.174 e.